The number of nitro groups is 1. The van der Waals surface area contributed by atoms with Gasteiger partial charge in [-0.25, -0.2) is 4.39 Å². The van der Waals surface area contributed by atoms with Crippen molar-refractivity contribution in [3.63, 3.8) is 0 Å². The van der Waals surface area contributed by atoms with Crippen LogP contribution in [0.25, 0.3) is 0 Å². The molecule has 6 nitrogen and oxygen atoms in total. The molecular formula is C13H18FN3O3. The lowest BCUT2D eigenvalue weighted by atomic mass is 10.1. The molecule has 1 atom stereocenters. The molecular weight excluding hydrogens is 265 g/mol. The molecule has 1 amide bonds. The van der Waals surface area contributed by atoms with Crippen LogP contribution in [0.4, 0.5) is 10.1 Å². The van der Waals surface area contributed by atoms with E-state index in [-0.39, 0.29) is 18.2 Å². The van der Waals surface area contributed by atoms with E-state index >= 15 is 0 Å². The molecule has 1 aromatic carbocycles. The first-order chi connectivity index (χ1) is 9.49. The van der Waals surface area contributed by atoms with Crippen molar-refractivity contribution in [2.45, 2.75) is 32.2 Å². The Morgan fingerprint density at radius 1 is 1.55 bits per heavy atom. The monoisotopic (exact) mass is 283 g/mol. The summed E-state index contributed by atoms with van der Waals surface area (Å²) in [6.45, 7) is 2.24. The molecule has 0 spiro atoms. The highest BCUT2D eigenvalue weighted by Crippen LogP contribution is 2.19. The third-order valence-electron chi connectivity index (χ3n) is 2.93. The molecule has 0 saturated carbocycles. The Labute approximate surface area is 116 Å². The minimum atomic E-state index is -0.710. The van der Waals surface area contributed by atoms with E-state index in [4.69, 9.17) is 5.73 Å². The van der Waals surface area contributed by atoms with Crippen LogP contribution < -0.4 is 11.1 Å². The third kappa shape index (κ3) is 4.27. The van der Waals surface area contributed by atoms with Crippen molar-refractivity contribution >= 4 is 11.6 Å². The summed E-state index contributed by atoms with van der Waals surface area (Å²) in [7, 11) is 0. The Morgan fingerprint density at radius 2 is 2.25 bits per heavy atom. The molecule has 3 N–H and O–H groups in total. The summed E-state index contributed by atoms with van der Waals surface area (Å²) in [5, 5.41) is 13.4. The minimum Gasteiger partial charge on any atom is -0.348 e. The van der Waals surface area contributed by atoms with E-state index in [1.54, 1.807) is 0 Å². The van der Waals surface area contributed by atoms with E-state index in [9.17, 15) is 19.3 Å². The summed E-state index contributed by atoms with van der Waals surface area (Å²) in [5.41, 5.74) is 4.84. The van der Waals surface area contributed by atoms with Gasteiger partial charge < -0.3 is 11.1 Å². The first-order valence-corrected chi connectivity index (χ1v) is 6.44. The highest BCUT2D eigenvalue weighted by molar-refractivity contribution is 5.98. The maximum atomic E-state index is 13.2. The van der Waals surface area contributed by atoms with Crippen LogP contribution in [0.2, 0.25) is 0 Å². The molecule has 110 valence electrons. The van der Waals surface area contributed by atoms with Crippen LogP contribution in [0.5, 0.6) is 0 Å². The first kappa shape index (κ1) is 16.0. The van der Waals surface area contributed by atoms with E-state index in [1.165, 1.54) is 0 Å². The van der Waals surface area contributed by atoms with E-state index in [1.807, 2.05) is 6.92 Å². The van der Waals surface area contributed by atoms with Crippen molar-refractivity contribution in [1.82, 2.24) is 5.32 Å². The summed E-state index contributed by atoms with van der Waals surface area (Å²) in [6, 6.07) is 2.52. The van der Waals surface area contributed by atoms with Crippen LogP contribution in [0.3, 0.4) is 0 Å². The van der Waals surface area contributed by atoms with Gasteiger partial charge in [0.1, 0.15) is 11.4 Å². The fourth-order valence-electron chi connectivity index (χ4n) is 1.81. The standard InChI is InChI=1S/C13H18FN3O3/c1-2-3-4-10(8-15)16-13(18)11-7-9(14)5-6-12(11)17(19)20/h5-7,10H,2-4,8,15H2,1H3,(H,16,18). The van der Waals surface area contributed by atoms with Crippen LogP contribution in [0.1, 0.15) is 36.5 Å². The van der Waals surface area contributed by atoms with Crippen LogP contribution in [-0.4, -0.2) is 23.4 Å². The third-order valence-corrected chi connectivity index (χ3v) is 2.93. The normalized spacial score (nSPS) is 11.9. The number of hydrogen-bond acceptors (Lipinski definition) is 4. The van der Waals surface area contributed by atoms with Gasteiger partial charge in [0.15, 0.2) is 0 Å². The maximum absolute atomic E-state index is 13.2. The van der Waals surface area contributed by atoms with E-state index < -0.39 is 22.3 Å². The number of nitro benzene ring substituents is 1. The molecule has 1 unspecified atom stereocenters. The average molecular weight is 283 g/mol. The van der Waals surface area contributed by atoms with Gasteiger partial charge in [0.05, 0.1) is 4.92 Å². The second-order valence-corrected chi connectivity index (χ2v) is 4.47. The van der Waals surface area contributed by atoms with Gasteiger partial charge in [-0.05, 0) is 18.6 Å². The molecule has 1 rings (SSSR count). The summed E-state index contributed by atoms with van der Waals surface area (Å²) in [6.07, 6.45) is 2.52. The van der Waals surface area contributed by atoms with Crippen molar-refractivity contribution in [3.05, 3.63) is 39.7 Å². The maximum Gasteiger partial charge on any atom is 0.282 e. The molecule has 0 aliphatic carbocycles. The average Bonchev–Trinajstić information content (AvgIpc) is 2.42. The summed E-state index contributed by atoms with van der Waals surface area (Å²) < 4.78 is 13.2. The van der Waals surface area contributed by atoms with E-state index in [2.05, 4.69) is 5.32 Å². The highest BCUT2D eigenvalue weighted by Gasteiger charge is 2.22. The second kappa shape index (κ2) is 7.54. The topological polar surface area (TPSA) is 98.3 Å². The quantitative estimate of drug-likeness (QED) is 0.590. The van der Waals surface area contributed by atoms with Crippen LogP contribution in [-0.2, 0) is 0 Å². The van der Waals surface area contributed by atoms with Crippen molar-refractivity contribution in [3.8, 4) is 0 Å². The van der Waals surface area contributed by atoms with E-state index in [0.29, 0.717) is 6.42 Å². The number of unbranched alkanes of at least 4 members (excludes halogenated alkanes) is 1. The molecule has 1 aromatic rings. The molecule has 0 saturated heterocycles. The summed E-state index contributed by atoms with van der Waals surface area (Å²) in [5.74, 6) is -1.37. The zero-order valence-electron chi connectivity index (χ0n) is 11.3. The van der Waals surface area contributed by atoms with Crippen LogP contribution >= 0.6 is 0 Å². The van der Waals surface area contributed by atoms with Gasteiger partial charge in [-0.1, -0.05) is 19.8 Å². The minimum absolute atomic E-state index is 0.231. The van der Waals surface area contributed by atoms with Crippen LogP contribution in [0, 0.1) is 15.9 Å². The number of nitrogens with two attached hydrogens (primary N) is 1. The lowest BCUT2D eigenvalue weighted by Gasteiger charge is -2.16. The van der Waals surface area contributed by atoms with Crippen molar-refractivity contribution < 1.29 is 14.1 Å². The number of rotatable bonds is 7. The fraction of sp³-hybridized carbons (Fsp3) is 0.462. The number of benzene rings is 1. The number of nitrogens with one attached hydrogen (secondary N) is 1. The molecule has 0 heterocycles. The van der Waals surface area contributed by atoms with E-state index in [0.717, 1.165) is 31.0 Å². The van der Waals surface area contributed by atoms with Gasteiger partial charge in [-0.3, -0.25) is 14.9 Å². The SMILES string of the molecule is CCCCC(CN)NC(=O)c1cc(F)ccc1[N+](=O)[O-]. The Morgan fingerprint density at radius 3 is 2.80 bits per heavy atom. The molecule has 0 aliphatic heterocycles. The zero-order chi connectivity index (χ0) is 15.1. The highest BCUT2D eigenvalue weighted by atomic mass is 19.1. The number of carbonyl (C=O) groups excluding carboxylic acids is 1. The molecule has 20 heavy (non-hydrogen) atoms. The van der Waals surface area contributed by atoms with Crippen molar-refractivity contribution in [1.29, 1.82) is 0 Å². The van der Waals surface area contributed by atoms with Gasteiger partial charge in [-0.2, -0.15) is 0 Å². The molecule has 0 bridgehead atoms. The molecule has 0 aromatic heterocycles. The Hall–Kier alpha value is -2.02. The molecule has 0 fully saturated rings. The lowest BCUT2D eigenvalue weighted by Crippen LogP contribution is -2.40. The van der Waals surface area contributed by atoms with Gasteiger partial charge in [0, 0.05) is 18.7 Å². The molecule has 0 radical (unpaired) electrons. The zero-order valence-corrected chi connectivity index (χ0v) is 11.3. The predicted molar refractivity (Wildman–Crippen MR) is 72.9 cm³/mol. The Bertz CT molecular complexity index is 494. The lowest BCUT2D eigenvalue weighted by molar-refractivity contribution is -0.385. The first-order valence-electron chi connectivity index (χ1n) is 6.44. The number of halogens is 1. The largest absolute Gasteiger partial charge is 0.348 e. The Kier molecular flexibility index (Phi) is 6.05. The number of carbonyl (C=O) groups is 1. The summed E-state index contributed by atoms with van der Waals surface area (Å²) in [4.78, 5) is 22.1. The number of nitrogens with zero attached hydrogens (tertiary/aromatic N) is 1. The molecule has 0 aliphatic rings. The van der Waals surface area contributed by atoms with Gasteiger partial charge >= 0.3 is 0 Å². The Balaban J connectivity index is 2.90. The fourth-order valence-corrected chi connectivity index (χ4v) is 1.81. The number of hydrogen-bond donors (Lipinski definition) is 2. The second-order valence-electron chi connectivity index (χ2n) is 4.47. The number of amides is 1. The van der Waals surface area contributed by atoms with Gasteiger partial charge in [-0.15, -0.1) is 0 Å². The van der Waals surface area contributed by atoms with Crippen LogP contribution in [0.15, 0.2) is 18.2 Å². The molecule has 7 heteroatoms. The van der Waals surface area contributed by atoms with Gasteiger partial charge in [0.25, 0.3) is 11.6 Å². The van der Waals surface area contributed by atoms with Crippen molar-refractivity contribution in [2.24, 2.45) is 5.73 Å². The van der Waals surface area contributed by atoms with Crippen molar-refractivity contribution in [2.75, 3.05) is 6.54 Å². The predicted octanol–water partition coefficient (Wildman–Crippen LogP) is 1.98. The summed E-state index contributed by atoms with van der Waals surface area (Å²) >= 11 is 0. The van der Waals surface area contributed by atoms with Gasteiger partial charge in [0.2, 0.25) is 0 Å². The smallest absolute Gasteiger partial charge is 0.282 e.